The average Bonchev–Trinajstić information content (AvgIpc) is 2.91. The molecular weight excluding hydrogens is 260 g/mol. The Hall–Kier alpha value is -2.03. The summed E-state index contributed by atoms with van der Waals surface area (Å²) < 4.78 is 0. The van der Waals surface area contributed by atoms with Gasteiger partial charge in [-0.25, -0.2) is 0 Å². The average molecular weight is 282 g/mol. The lowest BCUT2D eigenvalue weighted by atomic mass is 9.93. The number of aromatic nitrogens is 1. The Balaban J connectivity index is 1.67. The second-order valence-corrected chi connectivity index (χ2v) is 5.76. The van der Waals surface area contributed by atoms with Crippen LogP contribution in [0, 0.1) is 0 Å². The van der Waals surface area contributed by atoms with Crippen LogP contribution in [0.5, 0.6) is 0 Å². The first-order valence-electron chi connectivity index (χ1n) is 7.77. The van der Waals surface area contributed by atoms with Gasteiger partial charge in [0.05, 0.1) is 0 Å². The van der Waals surface area contributed by atoms with E-state index >= 15 is 0 Å². The maximum absolute atomic E-state index is 11.7. The van der Waals surface area contributed by atoms with E-state index in [-0.39, 0.29) is 5.78 Å². The van der Waals surface area contributed by atoms with Crippen molar-refractivity contribution >= 4 is 16.7 Å². The van der Waals surface area contributed by atoms with Crippen molar-refractivity contribution in [2.45, 2.75) is 39.0 Å². The van der Waals surface area contributed by atoms with Gasteiger partial charge in [0, 0.05) is 34.9 Å². The van der Waals surface area contributed by atoms with Crippen LogP contribution in [0.15, 0.2) is 41.7 Å². The molecule has 0 radical (unpaired) electrons. The van der Waals surface area contributed by atoms with Crippen molar-refractivity contribution in [1.29, 1.82) is 0 Å². The molecule has 1 aromatic carbocycles. The predicted molar refractivity (Wildman–Crippen MR) is 86.2 cm³/mol. The second kappa shape index (κ2) is 6.17. The molecule has 0 amide bonds. The Labute approximate surface area is 125 Å². The summed E-state index contributed by atoms with van der Waals surface area (Å²) in [4.78, 5) is 15.0. The van der Waals surface area contributed by atoms with Gasteiger partial charge in [0.15, 0.2) is 5.78 Å². The number of benzene rings is 1. The molecule has 0 atom stereocenters. The maximum atomic E-state index is 11.7. The monoisotopic (exact) mass is 282 g/mol. The molecular formula is C18H22N2O. The number of hydrogen-bond donors (Lipinski definition) is 2. The van der Waals surface area contributed by atoms with E-state index in [1.807, 2.05) is 6.07 Å². The number of hydrogen-bond acceptors (Lipinski definition) is 2. The summed E-state index contributed by atoms with van der Waals surface area (Å²) in [5.41, 5.74) is 4.71. The SMILES string of the molecule is CC(=O)C1=C(NCCc2c[nH]c3ccccc23)CCCC1. The van der Waals surface area contributed by atoms with Crippen molar-refractivity contribution in [1.82, 2.24) is 10.3 Å². The van der Waals surface area contributed by atoms with Crippen molar-refractivity contribution in [3.63, 3.8) is 0 Å². The molecule has 0 aliphatic heterocycles. The first-order chi connectivity index (χ1) is 10.3. The van der Waals surface area contributed by atoms with Gasteiger partial charge in [-0.05, 0) is 50.7 Å². The van der Waals surface area contributed by atoms with Crippen molar-refractivity contribution in [2.75, 3.05) is 6.54 Å². The summed E-state index contributed by atoms with van der Waals surface area (Å²) in [6.45, 7) is 2.57. The highest BCUT2D eigenvalue weighted by atomic mass is 16.1. The van der Waals surface area contributed by atoms with Crippen LogP contribution in [-0.4, -0.2) is 17.3 Å². The van der Waals surface area contributed by atoms with Crippen LogP contribution < -0.4 is 5.32 Å². The zero-order valence-electron chi connectivity index (χ0n) is 12.5. The number of aromatic amines is 1. The molecule has 0 bridgehead atoms. The molecule has 3 nitrogen and oxygen atoms in total. The molecule has 2 aromatic rings. The van der Waals surface area contributed by atoms with E-state index in [0.29, 0.717) is 0 Å². The number of rotatable bonds is 5. The number of Topliss-reactive ketones (excluding diaryl/α,β-unsaturated/α-hetero) is 1. The summed E-state index contributed by atoms with van der Waals surface area (Å²) in [5.74, 6) is 0.226. The summed E-state index contributed by atoms with van der Waals surface area (Å²) in [6, 6.07) is 8.38. The number of carbonyl (C=O) groups is 1. The molecule has 0 saturated carbocycles. The third-order valence-electron chi connectivity index (χ3n) is 4.30. The summed E-state index contributed by atoms with van der Waals surface area (Å²) in [6.07, 6.45) is 7.34. The lowest BCUT2D eigenvalue weighted by Gasteiger charge is -2.20. The normalized spacial score (nSPS) is 15.5. The molecule has 0 fully saturated rings. The number of H-pyrrole nitrogens is 1. The van der Waals surface area contributed by atoms with Crippen molar-refractivity contribution < 1.29 is 4.79 Å². The lowest BCUT2D eigenvalue weighted by Crippen LogP contribution is -2.22. The molecule has 3 rings (SSSR count). The minimum Gasteiger partial charge on any atom is -0.388 e. The van der Waals surface area contributed by atoms with Crippen LogP contribution in [0.1, 0.15) is 38.2 Å². The number of allylic oxidation sites excluding steroid dienone is 2. The molecule has 1 aromatic heterocycles. The highest BCUT2D eigenvalue weighted by Crippen LogP contribution is 2.24. The second-order valence-electron chi connectivity index (χ2n) is 5.76. The number of carbonyl (C=O) groups excluding carboxylic acids is 1. The van der Waals surface area contributed by atoms with E-state index in [4.69, 9.17) is 0 Å². The Kier molecular flexibility index (Phi) is 4.09. The minimum absolute atomic E-state index is 0.226. The van der Waals surface area contributed by atoms with Gasteiger partial charge in [0.1, 0.15) is 0 Å². The fraction of sp³-hybridized carbons (Fsp3) is 0.389. The van der Waals surface area contributed by atoms with E-state index in [1.165, 1.54) is 28.6 Å². The van der Waals surface area contributed by atoms with Gasteiger partial charge in [-0.2, -0.15) is 0 Å². The molecule has 2 N–H and O–H groups in total. The minimum atomic E-state index is 0.226. The molecule has 110 valence electrons. The Morgan fingerprint density at radius 1 is 1.24 bits per heavy atom. The van der Waals surface area contributed by atoms with Crippen LogP contribution in [-0.2, 0) is 11.2 Å². The zero-order valence-corrected chi connectivity index (χ0v) is 12.5. The van der Waals surface area contributed by atoms with Crippen molar-refractivity contribution in [3.05, 3.63) is 47.3 Å². The number of para-hydroxylation sites is 1. The van der Waals surface area contributed by atoms with Crippen LogP contribution in [0.3, 0.4) is 0 Å². The smallest absolute Gasteiger partial charge is 0.157 e. The fourth-order valence-electron chi connectivity index (χ4n) is 3.18. The molecule has 3 heteroatoms. The van der Waals surface area contributed by atoms with E-state index in [0.717, 1.165) is 37.8 Å². The number of ketones is 1. The van der Waals surface area contributed by atoms with Gasteiger partial charge >= 0.3 is 0 Å². The standard InChI is InChI=1S/C18H22N2O/c1-13(21)15-6-2-4-8-17(15)19-11-10-14-12-20-18-9-5-3-7-16(14)18/h3,5,7,9,12,19-20H,2,4,6,8,10-11H2,1H3. The first-order valence-corrected chi connectivity index (χ1v) is 7.77. The molecule has 21 heavy (non-hydrogen) atoms. The molecule has 0 spiro atoms. The van der Waals surface area contributed by atoms with Crippen molar-refractivity contribution in [2.24, 2.45) is 0 Å². The maximum Gasteiger partial charge on any atom is 0.157 e. The topological polar surface area (TPSA) is 44.9 Å². The Morgan fingerprint density at radius 3 is 2.90 bits per heavy atom. The Bertz CT molecular complexity index is 681. The van der Waals surface area contributed by atoms with Gasteiger partial charge < -0.3 is 10.3 Å². The summed E-state index contributed by atoms with van der Waals surface area (Å²) >= 11 is 0. The van der Waals surface area contributed by atoms with Gasteiger partial charge in [-0.15, -0.1) is 0 Å². The zero-order chi connectivity index (χ0) is 14.7. The fourth-order valence-corrected chi connectivity index (χ4v) is 3.18. The van der Waals surface area contributed by atoms with Crippen LogP contribution in [0.25, 0.3) is 10.9 Å². The van der Waals surface area contributed by atoms with E-state index < -0.39 is 0 Å². The highest BCUT2D eigenvalue weighted by molar-refractivity contribution is 5.94. The largest absolute Gasteiger partial charge is 0.388 e. The molecule has 1 aliphatic rings. The van der Waals surface area contributed by atoms with Crippen LogP contribution >= 0.6 is 0 Å². The molecule has 0 unspecified atom stereocenters. The molecule has 0 saturated heterocycles. The van der Waals surface area contributed by atoms with Crippen LogP contribution in [0.4, 0.5) is 0 Å². The highest BCUT2D eigenvalue weighted by Gasteiger charge is 2.15. The molecule has 1 aliphatic carbocycles. The van der Waals surface area contributed by atoms with Gasteiger partial charge in [-0.1, -0.05) is 18.2 Å². The van der Waals surface area contributed by atoms with Crippen molar-refractivity contribution in [3.8, 4) is 0 Å². The third-order valence-corrected chi connectivity index (χ3v) is 4.30. The number of fused-ring (bicyclic) bond motifs is 1. The van der Waals surface area contributed by atoms with Gasteiger partial charge in [-0.3, -0.25) is 4.79 Å². The first kappa shape index (κ1) is 13.9. The van der Waals surface area contributed by atoms with Gasteiger partial charge in [0.25, 0.3) is 0 Å². The van der Waals surface area contributed by atoms with E-state index in [1.54, 1.807) is 6.92 Å². The third kappa shape index (κ3) is 3.02. The van der Waals surface area contributed by atoms with E-state index in [9.17, 15) is 4.79 Å². The predicted octanol–water partition coefficient (Wildman–Crippen LogP) is 3.72. The molecule has 1 heterocycles. The quantitative estimate of drug-likeness (QED) is 0.878. The summed E-state index contributed by atoms with van der Waals surface area (Å²) in [7, 11) is 0. The van der Waals surface area contributed by atoms with Crippen LogP contribution in [0.2, 0.25) is 0 Å². The Morgan fingerprint density at radius 2 is 2.05 bits per heavy atom. The van der Waals surface area contributed by atoms with E-state index in [2.05, 4.69) is 34.7 Å². The summed E-state index contributed by atoms with van der Waals surface area (Å²) in [5, 5.41) is 4.80. The van der Waals surface area contributed by atoms with Gasteiger partial charge in [0.2, 0.25) is 0 Å². The lowest BCUT2D eigenvalue weighted by molar-refractivity contribution is -0.113. The number of nitrogens with one attached hydrogen (secondary N) is 2.